The van der Waals surface area contributed by atoms with Crippen molar-refractivity contribution >= 4 is 23.4 Å². The molecule has 0 aliphatic carbocycles. The highest BCUT2D eigenvalue weighted by molar-refractivity contribution is 5.81. The van der Waals surface area contributed by atoms with Crippen molar-refractivity contribution in [2.75, 3.05) is 18.1 Å². The second-order valence-electron chi connectivity index (χ2n) is 6.30. The molecule has 2 aromatic heterocycles. The quantitative estimate of drug-likeness (QED) is 0.745. The Bertz CT molecular complexity index is 997. The molecule has 0 atom stereocenters. The van der Waals surface area contributed by atoms with E-state index in [-0.39, 0.29) is 11.7 Å². The second-order valence-corrected chi connectivity index (χ2v) is 6.30. The Morgan fingerprint density at radius 2 is 2.08 bits per heavy atom. The molecular weight excluding hydrogens is 332 g/mol. The molecule has 132 valence electrons. The average molecular weight is 350 g/mol. The minimum atomic E-state index is 0.131. The van der Waals surface area contributed by atoms with Crippen molar-refractivity contribution in [1.82, 2.24) is 19.9 Å². The number of carbonyl (C=O) groups is 1. The Balaban J connectivity index is 1.57. The van der Waals surface area contributed by atoms with E-state index in [1.165, 1.54) is 0 Å². The summed E-state index contributed by atoms with van der Waals surface area (Å²) in [5.41, 5.74) is 9.57. The zero-order chi connectivity index (χ0) is 18.3. The smallest absolute Gasteiger partial charge is 0.231 e. The van der Waals surface area contributed by atoms with Gasteiger partial charge in [-0.05, 0) is 30.2 Å². The number of rotatable bonds is 3. The van der Waals surface area contributed by atoms with Crippen molar-refractivity contribution in [3.8, 4) is 11.5 Å². The standard InChI is InChI=1S/C18H18N6O2/c1-10-7-20-17(26-10)14-8-21-18(23-16(14)19)22-13-4-3-11-6-15(25)24(2)9-12(11)5-13/h3-5,7-8H,6,9H2,1-2H3,(H3,19,21,22,23). The number of carbonyl (C=O) groups excluding carboxylic acids is 1. The lowest BCUT2D eigenvalue weighted by molar-refractivity contribution is -0.130. The van der Waals surface area contributed by atoms with Crippen LogP contribution in [-0.4, -0.2) is 32.8 Å². The van der Waals surface area contributed by atoms with Gasteiger partial charge >= 0.3 is 0 Å². The van der Waals surface area contributed by atoms with Gasteiger partial charge in [0.25, 0.3) is 0 Å². The molecule has 0 bridgehead atoms. The number of nitrogens with two attached hydrogens (primary N) is 1. The molecular formula is C18H18N6O2. The average Bonchev–Trinajstić information content (AvgIpc) is 3.02. The number of likely N-dealkylation sites (N-methyl/N-ethyl adjacent to an activating group) is 1. The molecule has 4 rings (SSSR count). The van der Waals surface area contributed by atoms with E-state index >= 15 is 0 Å². The van der Waals surface area contributed by atoms with Gasteiger partial charge in [-0.3, -0.25) is 4.79 Å². The second kappa shape index (κ2) is 6.14. The number of fused-ring (bicyclic) bond motifs is 1. The predicted octanol–water partition coefficient (Wildman–Crippen LogP) is 2.28. The first-order chi connectivity index (χ1) is 12.5. The number of nitrogens with one attached hydrogen (secondary N) is 1. The van der Waals surface area contributed by atoms with Crippen LogP contribution in [0, 0.1) is 6.92 Å². The summed E-state index contributed by atoms with van der Waals surface area (Å²) in [4.78, 5) is 26.2. The fourth-order valence-corrected chi connectivity index (χ4v) is 2.89. The van der Waals surface area contributed by atoms with Crippen LogP contribution < -0.4 is 11.1 Å². The molecule has 1 aromatic carbocycles. The number of anilines is 3. The lowest BCUT2D eigenvalue weighted by Crippen LogP contribution is -2.32. The summed E-state index contributed by atoms with van der Waals surface area (Å²) in [6, 6.07) is 5.86. The highest BCUT2D eigenvalue weighted by Crippen LogP contribution is 2.26. The predicted molar refractivity (Wildman–Crippen MR) is 96.6 cm³/mol. The van der Waals surface area contributed by atoms with Crippen LogP contribution in [0.5, 0.6) is 0 Å². The molecule has 3 aromatic rings. The van der Waals surface area contributed by atoms with Crippen LogP contribution in [0.4, 0.5) is 17.5 Å². The van der Waals surface area contributed by atoms with E-state index in [4.69, 9.17) is 10.2 Å². The minimum absolute atomic E-state index is 0.131. The minimum Gasteiger partial charge on any atom is -0.441 e. The zero-order valence-corrected chi connectivity index (χ0v) is 14.5. The largest absolute Gasteiger partial charge is 0.441 e. The van der Waals surface area contributed by atoms with Crippen molar-refractivity contribution in [2.24, 2.45) is 0 Å². The van der Waals surface area contributed by atoms with Crippen LogP contribution in [0.15, 0.2) is 35.0 Å². The topological polar surface area (TPSA) is 110 Å². The zero-order valence-electron chi connectivity index (χ0n) is 14.5. The Morgan fingerprint density at radius 1 is 1.23 bits per heavy atom. The highest BCUT2D eigenvalue weighted by Gasteiger charge is 2.20. The van der Waals surface area contributed by atoms with Crippen molar-refractivity contribution in [3.63, 3.8) is 0 Å². The van der Waals surface area contributed by atoms with Crippen molar-refractivity contribution < 1.29 is 9.21 Å². The molecule has 3 heterocycles. The summed E-state index contributed by atoms with van der Waals surface area (Å²) in [6.07, 6.45) is 3.64. The maximum Gasteiger partial charge on any atom is 0.231 e. The molecule has 0 unspecified atom stereocenters. The van der Waals surface area contributed by atoms with Gasteiger partial charge in [-0.25, -0.2) is 9.97 Å². The van der Waals surface area contributed by atoms with E-state index in [0.29, 0.717) is 36.1 Å². The first-order valence-electron chi connectivity index (χ1n) is 8.17. The lowest BCUT2D eigenvalue weighted by atomic mass is 9.99. The van der Waals surface area contributed by atoms with E-state index in [1.807, 2.05) is 25.1 Å². The number of oxazole rings is 1. The van der Waals surface area contributed by atoms with Gasteiger partial charge in [-0.1, -0.05) is 6.07 Å². The number of aryl methyl sites for hydroxylation is 1. The normalized spacial score (nSPS) is 13.6. The third-order valence-corrected chi connectivity index (χ3v) is 4.31. The van der Waals surface area contributed by atoms with Crippen LogP contribution in [-0.2, 0) is 17.8 Å². The fourth-order valence-electron chi connectivity index (χ4n) is 2.89. The molecule has 0 spiro atoms. The fraction of sp³-hybridized carbons (Fsp3) is 0.222. The number of benzene rings is 1. The molecule has 0 saturated carbocycles. The van der Waals surface area contributed by atoms with Gasteiger partial charge < -0.3 is 20.4 Å². The van der Waals surface area contributed by atoms with Crippen LogP contribution in [0.1, 0.15) is 16.9 Å². The molecule has 0 fully saturated rings. The summed E-state index contributed by atoms with van der Waals surface area (Å²) in [5, 5.41) is 3.15. The Hall–Kier alpha value is -3.42. The third-order valence-electron chi connectivity index (χ3n) is 4.31. The van der Waals surface area contributed by atoms with Crippen molar-refractivity contribution in [1.29, 1.82) is 0 Å². The summed E-state index contributed by atoms with van der Waals surface area (Å²) in [7, 11) is 1.80. The first kappa shape index (κ1) is 16.1. The Morgan fingerprint density at radius 3 is 2.81 bits per heavy atom. The summed E-state index contributed by atoms with van der Waals surface area (Å²) >= 11 is 0. The van der Waals surface area contributed by atoms with E-state index < -0.39 is 0 Å². The number of nitrogens with zero attached hydrogens (tertiary/aromatic N) is 4. The molecule has 3 N–H and O–H groups in total. The molecule has 8 nitrogen and oxygen atoms in total. The third kappa shape index (κ3) is 2.97. The van der Waals surface area contributed by atoms with Crippen LogP contribution in [0.2, 0.25) is 0 Å². The maximum absolute atomic E-state index is 11.8. The molecule has 0 radical (unpaired) electrons. The van der Waals surface area contributed by atoms with Crippen molar-refractivity contribution in [3.05, 3.63) is 47.5 Å². The Kier molecular flexibility index (Phi) is 3.80. The first-order valence-corrected chi connectivity index (χ1v) is 8.17. The number of hydrogen-bond acceptors (Lipinski definition) is 7. The van der Waals surface area contributed by atoms with E-state index in [9.17, 15) is 4.79 Å². The molecule has 8 heteroatoms. The molecule has 0 saturated heterocycles. The SMILES string of the molecule is Cc1cnc(-c2cnc(Nc3ccc4c(c3)CN(C)C(=O)C4)nc2N)o1. The maximum atomic E-state index is 11.8. The van der Waals surface area contributed by atoms with Gasteiger partial charge in [-0.15, -0.1) is 0 Å². The van der Waals surface area contributed by atoms with E-state index in [0.717, 1.165) is 16.8 Å². The summed E-state index contributed by atoms with van der Waals surface area (Å²) < 4.78 is 5.47. The van der Waals surface area contributed by atoms with Crippen LogP contribution in [0.25, 0.3) is 11.5 Å². The number of aromatic nitrogens is 3. The monoisotopic (exact) mass is 350 g/mol. The number of amides is 1. The number of hydrogen-bond donors (Lipinski definition) is 2. The van der Waals surface area contributed by atoms with Gasteiger partial charge in [0.2, 0.25) is 17.7 Å². The van der Waals surface area contributed by atoms with E-state index in [2.05, 4.69) is 20.3 Å². The summed E-state index contributed by atoms with van der Waals surface area (Å²) in [6.45, 7) is 2.40. The van der Waals surface area contributed by atoms with E-state index in [1.54, 1.807) is 24.3 Å². The molecule has 1 amide bonds. The van der Waals surface area contributed by atoms with Gasteiger partial charge in [0.05, 0.1) is 18.2 Å². The van der Waals surface area contributed by atoms with Crippen LogP contribution in [0.3, 0.4) is 0 Å². The molecule has 26 heavy (non-hydrogen) atoms. The van der Waals surface area contributed by atoms with Crippen LogP contribution >= 0.6 is 0 Å². The molecule has 1 aliphatic heterocycles. The van der Waals surface area contributed by atoms with Gasteiger partial charge in [0.1, 0.15) is 11.6 Å². The lowest BCUT2D eigenvalue weighted by Gasteiger charge is -2.25. The molecule has 1 aliphatic rings. The van der Waals surface area contributed by atoms with Gasteiger partial charge in [0.15, 0.2) is 0 Å². The summed E-state index contributed by atoms with van der Waals surface area (Å²) in [5.74, 6) is 1.89. The van der Waals surface area contributed by atoms with Gasteiger partial charge in [0, 0.05) is 25.5 Å². The highest BCUT2D eigenvalue weighted by atomic mass is 16.4. The number of nitrogen functional groups attached to an aromatic ring is 1. The Labute approximate surface area is 150 Å². The van der Waals surface area contributed by atoms with Gasteiger partial charge in [-0.2, -0.15) is 4.98 Å². The van der Waals surface area contributed by atoms with Crippen molar-refractivity contribution in [2.45, 2.75) is 19.9 Å².